The minimum atomic E-state index is -1.43. The van der Waals surface area contributed by atoms with Crippen LogP contribution in [0.5, 0.6) is 0 Å². The van der Waals surface area contributed by atoms with E-state index in [4.69, 9.17) is 14.9 Å². The number of hydrogen-bond donors (Lipinski definition) is 4. The lowest BCUT2D eigenvalue weighted by Gasteiger charge is -2.21. The van der Waals surface area contributed by atoms with Crippen molar-refractivity contribution in [2.45, 2.75) is 37.8 Å². The standard InChI is InChI=1S/C23H26N2O6/c1-2-7-19(21(27)24-20(12-26)22(28)29)25-23(30)31-13-18-16-10-5-3-8-14(16)15-9-4-6-11-17(15)18/h3-6,8-11,18-20,26H,2,7,12-13H2,1H3,(H,24,27)(H,25,30)(H,28,29)/t19-,20+/m0/s1. The summed E-state index contributed by atoms with van der Waals surface area (Å²) in [6, 6.07) is 13.5. The first kappa shape index (κ1) is 22.3. The van der Waals surface area contributed by atoms with Gasteiger partial charge in [-0.25, -0.2) is 9.59 Å². The molecule has 31 heavy (non-hydrogen) atoms. The molecule has 3 rings (SSSR count). The van der Waals surface area contributed by atoms with E-state index in [1.807, 2.05) is 55.5 Å². The Bertz CT molecular complexity index is 915. The van der Waals surface area contributed by atoms with Crippen LogP contribution in [0.15, 0.2) is 48.5 Å². The number of carbonyl (C=O) groups excluding carboxylic acids is 2. The van der Waals surface area contributed by atoms with Crippen molar-refractivity contribution < 1.29 is 29.3 Å². The van der Waals surface area contributed by atoms with Gasteiger partial charge in [-0.05, 0) is 28.7 Å². The van der Waals surface area contributed by atoms with Crippen LogP contribution in [0.25, 0.3) is 11.1 Å². The molecule has 164 valence electrons. The van der Waals surface area contributed by atoms with Crippen LogP contribution in [0, 0.1) is 0 Å². The fourth-order valence-electron chi connectivity index (χ4n) is 3.80. The number of aliphatic hydroxyl groups is 1. The number of rotatable bonds is 9. The average molecular weight is 426 g/mol. The fraction of sp³-hybridized carbons (Fsp3) is 0.348. The van der Waals surface area contributed by atoms with Crippen molar-refractivity contribution in [3.8, 4) is 11.1 Å². The second kappa shape index (κ2) is 10.1. The first-order chi connectivity index (χ1) is 15.0. The van der Waals surface area contributed by atoms with Crippen molar-refractivity contribution in [2.75, 3.05) is 13.2 Å². The molecule has 0 saturated heterocycles. The molecule has 0 unspecified atom stereocenters. The molecule has 0 aromatic heterocycles. The highest BCUT2D eigenvalue weighted by atomic mass is 16.5. The molecular weight excluding hydrogens is 400 g/mol. The average Bonchev–Trinajstić information content (AvgIpc) is 3.09. The number of ether oxygens (including phenoxy) is 1. The van der Waals surface area contributed by atoms with E-state index in [-0.39, 0.29) is 12.5 Å². The van der Waals surface area contributed by atoms with Gasteiger partial charge in [-0.2, -0.15) is 0 Å². The Kier molecular flexibility index (Phi) is 7.25. The number of aliphatic carboxylic acids is 1. The summed E-state index contributed by atoms with van der Waals surface area (Å²) in [5, 5.41) is 22.8. The molecule has 2 amide bonds. The van der Waals surface area contributed by atoms with Gasteiger partial charge in [0.25, 0.3) is 0 Å². The molecule has 0 aliphatic heterocycles. The Morgan fingerprint density at radius 3 is 2.06 bits per heavy atom. The van der Waals surface area contributed by atoms with Crippen molar-refractivity contribution in [3.63, 3.8) is 0 Å². The zero-order valence-electron chi connectivity index (χ0n) is 17.2. The molecule has 2 aromatic carbocycles. The van der Waals surface area contributed by atoms with Gasteiger partial charge in [-0.3, -0.25) is 4.79 Å². The molecule has 0 heterocycles. The Labute approximate surface area is 180 Å². The van der Waals surface area contributed by atoms with Crippen LogP contribution in [0.3, 0.4) is 0 Å². The van der Waals surface area contributed by atoms with E-state index < -0.39 is 36.7 Å². The zero-order chi connectivity index (χ0) is 22.4. The molecule has 1 aliphatic carbocycles. The minimum absolute atomic E-state index is 0.106. The van der Waals surface area contributed by atoms with E-state index in [1.165, 1.54) is 0 Å². The highest BCUT2D eigenvalue weighted by Gasteiger charge is 2.30. The van der Waals surface area contributed by atoms with Gasteiger partial charge in [0.1, 0.15) is 18.7 Å². The Morgan fingerprint density at radius 1 is 0.968 bits per heavy atom. The summed E-state index contributed by atoms with van der Waals surface area (Å²) in [5.74, 6) is -2.15. The van der Waals surface area contributed by atoms with Crippen molar-refractivity contribution in [1.82, 2.24) is 10.6 Å². The van der Waals surface area contributed by atoms with Crippen LogP contribution in [-0.4, -0.2) is 53.5 Å². The summed E-state index contributed by atoms with van der Waals surface area (Å²) in [6.07, 6.45) is 0.123. The monoisotopic (exact) mass is 426 g/mol. The highest BCUT2D eigenvalue weighted by Crippen LogP contribution is 2.44. The van der Waals surface area contributed by atoms with E-state index in [0.29, 0.717) is 12.8 Å². The van der Waals surface area contributed by atoms with Crippen LogP contribution in [0.1, 0.15) is 36.8 Å². The molecule has 0 saturated carbocycles. The number of benzene rings is 2. The number of nitrogens with one attached hydrogen (secondary N) is 2. The first-order valence-corrected chi connectivity index (χ1v) is 10.2. The van der Waals surface area contributed by atoms with Crippen LogP contribution in [-0.2, 0) is 14.3 Å². The maximum atomic E-state index is 12.4. The molecule has 0 spiro atoms. The maximum absolute atomic E-state index is 12.4. The molecular formula is C23H26N2O6. The molecule has 8 nitrogen and oxygen atoms in total. The van der Waals surface area contributed by atoms with E-state index in [2.05, 4.69) is 10.6 Å². The van der Waals surface area contributed by atoms with E-state index in [0.717, 1.165) is 22.3 Å². The summed E-state index contributed by atoms with van der Waals surface area (Å²) >= 11 is 0. The molecule has 1 aliphatic rings. The number of aliphatic hydroxyl groups excluding tert-OH is 1. The van der Waals surface area contributed by atoms with Gasteiger partial charge < -0.3 is 25.6 Å². The molecule has 8 heteroatoms. The second-order valence-corrected chi connectivity index (χ2v) is 7.39. The minimum Gasteiger partial charge on any atom is -0.480 e. The second-order valence-electron chi connectivity index (χ2n) is 7.39. The third kappa shape index (κ3) is 5.03. The van der Waals surface area contributed by atoms with Gasteiger partial charge in [0.15, 0.2) is 0 Å². The topological polar surface area (TPSA) is 125 Å². The summed E-state index contributed by atoms with van der Waals surface area (Å²) in [5.41, 5.74) is 4.37. The number of carboxylic acids is 1. The van der Waals surface area contributed by atoms with Gasteiger partial charge in [-0.15, -0.1) is 0 Å². The van der Waals surface area contributed by atoms with Gasteiger partial charge in [0.05, 0.1) is 6.61 Å². The van der Waals surface area contributed by atoms with Crippen molar-refractivity contribution in [3.05, 3.63) is 59.7 Å². The first-order valence-electron chi connectivity index (χ1n) is 10.2. The largest absolute Gasteiger partial charge is 0.480 e. The van der Waals surface area contributed by atoms with Gasteiger partial charge >= 0.3 is 12.1 Å². The van der Waals surface area contributed by atoms with Crippen molar-refractivity contribution >= 4 is 18.0 Å². The normalized spacial score (nSPS) is 14.1. The Morgan fingerprint density at radius 2 is 1.55 bits per heavy atom. The van der Waals surface area contributed by atoms with Crippen LogP contribution >= 0.6 is 0 Å². The van der Waals surface area contributed by atoms with Crippen molar-refractivity contribution in [2.24, 2.45) is 0 Å². The van der Waals surface area contributed by atoms with E-state index >= 15 is 0 Å². The molecule has 2 aromatic rings. The molecule has 2 atom stereocenters. The van der Waals surface area contributed by atoms with Gasteiger partial charge in [0.2, 0.25) is 5.91 Å². The molecule has 0 bridgehead atoms. The number of amides is 2. The molecule has 4 N–H and O–H groups in total. The fourth-order valence-corrected chi connectivity index (χ4v) is 3.80. The Hall–Kier alpha value is -3.39. The lowest BCUT2D eigenvalue weighted by Crippen LogP contribution is -2.52. The Balaban J connectivity index is 1.64. The summed E-state index contributed by atoms with van der Waals surface area (Å²) in [7, 11) is 0. The number of hydrogen-bond acceptors (Lipinski definition) is 5. The SMILES string of the molecule is CCC[C@H](NC(=O)OCC1c2ccccc2-c2ccccc21)C(=O)N[C@H](CO)C(=O)O. The number of alkyl carbamates (subject to hydrolysis) is 1. The summed E-state index contributed by atoms with van der Waals surface area (Å²) < 4.78 is 5.45. The smallest absolute Gasteiger partial charge is 0.407 e. The zero-order valence-corrected chi connectivity index (χ0v) is 17.2. The third-order valence-corrected chi connectivity index (χ3v) is 5.33. The predicted molar refractivity (Wildman–Crippen MR) is 114 cm³/mol. The summed E-state index contributed by atoms with van der Waals surface area (Å²) in [4.78, 5) is 35.8. The lowest BCUT2D eigenvalue weighted by atomic mass is 9.98. The molecule has 0 radical (unpaired) electrons. The third-order valence-electron chi connectivity index (χ3n) is 5.33. The van der Waals surface area contributed by atoms with Gasteiger partial charge in [0, 0.05) is 5.92 Å². The van der Waals surface area contributed by atoms with Gasteiger partial charge in [-0.1, -0.05) is 61.9 Å². The number of fused-ring (bicyclic) bond motifs is 3. The quantitative estimate of drug-likeness (QED) is 0.487. The van der Waals surface area contributed by atoms with E-state index in [1.54, 1.807) is 0 Å². The highest BCUT2D eigenvalue weighted by molar-refractivity contribution is 5.89. The number of carboxylic acid groups (broad SMARTS) is 1. The maximum Gasteiger partial charge on any atom is 0.407 e. The van der Waals surface area contributed by atoms with Crippen LogP contribution < -0.4 is 10.6 Å². The summed E-state index contributed by atoms with van der Waals surface area (Å²) in [6.45, 7) is 1.19. The van der Waals surface area contributed by atoms with E-state index in [9.17, 15) is 14.4 Å². The molecule has 0 fully saturated rings. The van der Waals surface area contributed by atoms with Crippen LogP contribution in [0.4, 0.5) is 4.79 Å². The van der Waals surface area contributed by atoms with Crippen LogP contribution in [0.2, 0.25) is 0 Å². The lowest BCUT2D eigenvalue weighted by molar-refractivity contribution is -0.143. The van der Waals surface area contributed by atoms with Crippen molar-refractivity contribution in [1.29, 1.82) is 0 Å². The number of carbonyl (C=O) groups is 3. The predicted octanol–water partition coefficient (Wildman–Crippen LogP) is 2.26.